The lowest BCUT2D eigenvalue weighted by Gasteiger charge is -2.21. The Kier molecular flexibility index (Phi) is 6.42. The van der Waals surface area contributed by atoms with Gasteiger partial charge in [0.1, 0.15) is 17.5 Å². The molecule has 0 unspecified atom stereocenters. The van der Waals surface area contributed by atoms with Crippen molar-refractivity contribution in [2.24, 2.45) is 0 Å². The van der Waals surface area contributed by atoms with Crippen LogP contribution in [0, 0.1) is 18.6 Å². The smallest absolute Gasteiger partial charge is 0.229 e. The highest BCUT2D eigenvalue weighted by molar-refractivity contribution is 6.31. The number of aromatic nitrogens is 1. The Morgan fingerprint density at radius 2 is 1.77 bits per heavy atom. The average Bonchev–Trinajstić information content (AvgIpc) is 2.68. The summed E-state index contributed by atoms with van der Waals surface area (Å²) >= 11 is 6.08. The van der Waals surface area contributed by atoms with Gasteiger partial charge >= 0.3 is 0 Å². The Balaban J connectivity index is 1.86. The van der Waals surface area contributed by atoms with E-state index in [1.165, 1.54) is 26.1 Å². The van der Waals surface area contributed by atoms with Crippen molar-refractivity contribution in [1.29, 1.82) is 0 Å². The van der Waals surface area contributed by atoms with E-state index < -0.39 is 17.5 Å². The Bertz CT molecular complexity index is 1100. The summed E-state index contributed by atoms with van der Waals surface area (Å²) in [4.78, 5) is 29.8. The summed E-state index contributed by atoms with van der Waals surface area (Å²) in [6.07, 6.45) is 1.44. The number of hydrogen-bond acceptors (Lipinski definition) is 3. The summed E-state index contributed by atoms with van der Waals surface area (Å²) in [6.45, 7) is 2.56. The Hall–Kier alpha value is -3.32. The molecular formula is C22H18ClF2N3O2. The van der Waals surface area contributed by atoms with Crippen LogP contribution >= 0.6 is 11.6 Å². The van der Waals surface area contributed by atoms with Gasteiger partial charge in [0.2, 0.25) is 11.8 Å². The lowest BCUT2D eigenvalue weighted by molar-refractivity contribution is -0.116. The monoisotopic (exact) mass is 429 g/mol. The second-order valence-corrected chi connectivity index (χ2v) is 7.02. The first-order valence-corrected chi connectivity index (χ1v) is 9.39. The zero-order chi connectivity index (χ0) is 21.8. The first kappa shape index (κ1) is 21.4. The van der Waals surface area contributed by atoms with Crippen LogP contribution in [0.1, 0.15) is 18.1 Å². The number of carbonyl (C=O) groups is 2. The molecular weight excluding hydrogens is 412 g/mol. The normalized spacial score (nSPS) is 10.6. The van der Waals surface area contributed by atoms with Crippen LogP contribution in [0.4, 0.5) is 26.0 Å². The van der Waals surface area contributed by atoms with Crippen LogP contribution in [0.25, 0.3) is 0 Å². The fraction of sp³-hybridized carbons (Fsp3) is 0.136. The highest BCUT2D eigenvalue weighted by atomic mass is 35.5. The molecule has 0 radical (unpaired) electrons. The van der Waals surface area contributed by atoms with Gasteiger partial charge in [0.25, 0.3) is 0 Å². The average molecular weight is 430 g/mol. The lowest BCUT2D eigenvalue weighted by Crippen LogP contribution is -2.24. The van der Waals surface area contributed by atoms with Crippen molar-refractivity contribution in [2.45, 2.75) is 20.3 Å². The number of nitrogens with one attached hydrogen (secondary N) is 1. The van der Waals surface area contributed by atoms with Crippen molar-refractivity contribution in [3.05, 3.63) is 82.5 Å². The zero-order valence-electron chi connectivity index (χ0n) is 16.2. The largest absolute Gasteiger partial charge is 0.326 e. The first-order chi connectivity index (χ1) is 14.3. The molecule has 0 aliphatic carbocycles. The van der Waals surface area contributed by atoms with Gasteiger partial charge in [0.05, 0.1) is 12.1 Å². The molecule has 0 saturated heterocycles. The maximum absolute atomic E-state index is 14.0. The number of carbonyl (C=O) groups excluding carboxylic acids is 2. The van der Waals surface area contributed by atoms with Crippen LogP contribution in [-0.2, 0) is 16.0 Å². The van der Waals surface area contributed by atoms with Gasteiger partial charge in [0.15, 0.2) is 0 Å². The molecule has 3 rings (SSSR count). The topological polar surface area (TPSA) is 62.3 Å². The van der Waals surface area contributed by atoms with Crippen LogP contribution in [0.15, 0.2) is 54.7 Å². The van der Waals surface area contributed by atoms with E-state index in [1.807, 2.05) is 0 Å². The van der Waals surface area contributed by atoms with Gasteiger partial charge in [-0.1, -0.05) is 29.8 Å². The quantitative estimate of drug-likeness (QED) is 0.607. The van der Waals surface area contributed by atoms with E-state index in [2.05, 4.69) is 10.3 Å². The third-order valence-electron chi connectivity index (χ3n) is 4.41. The van der Waals surface area contributed by atoms with Crippen molar-refractivity contribution in [1.82, 2.24) is 4.98 Å². The fourth-order valence-electron chi connectivity index (χ4n) is 2.87. The third-order valence-corrected chi connectivity index (χ3v) is 4.77. The van der Waals surface area contributed by atoms with Gasteiger partial charge in [-0.05, 0) is 36.8 Å². The minimum absolute atomic E-state index is 0.00450. The summed E-state index contributed by atoms with van der Waals surface area (Å²) in [5, 5.41) is 3.19. The number of nitrogens with zero attached hydrogens (tertiary/aromatic N) is 2. The standard InChI is InChI=1S/C22H18ClF2N3O2/c1-13-19(24)11-17(12-20(13)25)28(14(2)29)21-10-16(7-8-26-21)27-22(30)9-15-5-3-4-6-18(15)23/h3-8,10-12H,9H2,1-2H3,(H,26,27,30). The number of amides is 2. The molecule has 5 nitrogen and oxygen atoms in total. The summed E-state index contributed by atoms with van der Waals surface area (Å²) < 4.78 is 28.0. The molecule has 3 aromatic rings. The van der Waals surface area contributed by atoms with Crippen LogP contribution in [0.3, 0.4) is 0 Å². The molecule has 2 aromatic carbocycles. The second-order valence-electron chi connectivity index (χ2n) is 6.61. The summed E-state index contributed by atoms with van der Waals surface area (Å²) in [6, 6.07) is 12.1. The van der Waals surface area contributed by atoms with E-state index in [-0.39, 0.29) is 29.4 Å². The molecule has 0 bridgehead atoms. The van der Waals surface area contributed by atoms with E-state index in [0.717, 1.165) is 17.0 Å². The number of hydrogen-bond donors (Lipinski definition) is 1. The lowest BCUT2D eigenvalue weighted by atomic mass is 10.1. The highest BCUT2D eigenvalue weighted by Crippen LogP contribution is 2.29. The maximum Gasteiger partial charge on any atom is 0.229 e. The predicted molar refractivity (Wildman–Crippen MR) is 112 cm³/mol. The van der Waals surface area contributed by atoms with Gasteiger partial charge in [0, 0.05) is 35.5 Å². The summed E-state index contributed by atoms with van der Waals surface area (Å²) in [5.41, 5.74) is 0.893. The van der Waals surface area contributed by atoms with E-state index in [4.69, 9.17) is 11.6 Å². The third kappa shape index (κ3) is 4.80. The number of benzene rings is 2. The van der Waals surface area contributed by atoms with Crippen LogP contribution in [0.2, 0.25) is 5.02 Å². The maximum atomic E-state index is 14.0. The SMILES string of the molecule is CC(=O)N(c1cc(F)c(C)c(F)c1)c1cc(NC(=O)Cc2ccccc2Cl)ccn1. The zero-order valence-corrected chi connectivity index (χ0v) is 17.0. The molecule has 0 spiro atoms. The molecule has 2 amide bonds. The molecule has 0 aliphatic rings. The van der Waals surface area contributed by atoms with Gasteiger partial charge < -0.3 is 5.32 Å². The molecule has 0 saturated carbocycles. The van der Waals surface area contributed by atoms with Crippen molar-refractivity contribution < 1.29 is 18.4 Å². The Labute approximate surface area is 177 Å². The summed E-state index contributed by atoms with van der Waals surface area (Å²) in [7, 11) is 0. The molecule has 1 heterocycles. The molecule has 8 heteroatoms. The van der Waals surface area contributed by atoms with Gasteiger partial charge in [-0.15, -0.1) is 0 Å². The van der Waals surface area contributed by atoms with E-state index in [9.17, 15) is 18.4 Å². The fourth-order valence-corrected chi connectivity index (χ4v) is 3.08. The highest BCUT2D eigenvalue weighted by Gasteiger charge is 2.19. The predicted octanol–water partition coefficient (Wildman–Crippen LogP) is 5.19. The van der Waals surface area contributed by atoms with E-state index >= 15 is 0 Å². The van der Waals surface area contributed by atoms with Crippen molar-refractivity contribution >= 4 is 40.6 Å². The van der Waals surface area contributed by atoms with E-state index in [0.29, 0.717) is 16.3 Å². The molecule has 1 N–H and O–H groups in total. The molecule has 0 fully saturated rings. The van der Waals surface area contributed by atoms with Crippen molar-refractivity contribution in [3.8, 4) is 0 Å². The molecule has 0 atom stereocenters. The minimum Gasteiger partial charge on any atom is -0.326 e. The van der Waals surface area contributed by atoms with Crippen LogP contribution in [0.5, 0.6) is 0 Å². The number of anilines is 3. The number of pyridine rings is 1. The Morgan fingerprint density at radius 3 is 2.40 bits per heavy atom. The van der Waals surface area contributed by atoms with E-state index in [1.54, 1.807) is 30.3 Å². The van der Waals surface area contributed by atoms with Crippen molar-refractivity contribution in [2.75, 3.05) is 10.2 Å². The minimum atomic E-state index is -0.777. The van der Waals surface area contributed by atoms with Gasteiger partial charge in [-0.25, -0.2) is 13.8 Å². The second kappa shape index (κ2) is 9.00. The Morgan fingerprint density at radius 1 is 1.10 bits per heavy atom. The molecule has 154 valence electrons. The van der Waals surface area contributed by atoms with Crippen LogP contribution in [-0.4, -0.2) is 16.8 Å². The van der Waals surface area contributed by atoms with Gasteiger partial charge in [-0.3, -0.25) is 14.5 Å². The first-order valence-electron chi connectivity index (χ1n) is 9.02. The summed E-state index contributed by atoms with van der Waals surface area (Å²) in [5.74, 6) is -2.26. The number of rotatable bonds is 5. The molecule has 1 aromatic heterocycles. The van der Waals surface area contributed by atoms with Gasteiger partial charge in [-0.2, -0.15) is 0 Å². The number of halogens is 3. The van der Waals surface area contributed by atoms with Crippen molar-refractivity contribution in [3.63, 3.8) is 0 Å². The molecule has 30 heavy (non-hydrogen) atoms. The van der Waals surface area contributed by atoms with Crippen LogP contribution < -0.4 is 10.2 Å². The molecule has 0 aliphatic heterocycles.